The van der Waals surface area contributed by atoms with E-state index in [4.69, 9.17) is 0 Å². The van der Waals surface area contributed by atoms with Gasteiger partial charge in [-0.05, 0) is 19.8 Å². The van der Waals surface area contributed by atoms with E-state index in [1.165, 1.54) is 6.92 Å². The summed E-state index contributed by atoms with van der Waals surface area (Å²) < 4.78 is 0. The number of ketones is 1. The Hall–Kier alpha value is -1.39. The normalized spacial score (nSPS) is 16.9. The van der Waals surface area contributed by atoms with Crippen molar-refractivity contribution in [1.82, 2.24) is 10.2 Å². The first kappa shape index (κ1) is 16.7. The smallest absolute Gasteiger partial charge is 0.225 e. The van der Waals surface area contributed by atoms with E-state index < -0.39 is 0 Å². The Morgan fingerprint density at radius 2 is 1.65 bits per heavy atom. The minimum absolute atomic E-state index is 0.0424. The maximum absolute atomic E-state index is 11.9. The molecule has 1 N–H and O–H groups in total. The number of hydrogen-bond donors (Lipinski definition) is 1. The van der Waals surface area contributed by atoms with E-state index in [-0.39, 0.29) is 29.1 Å². The number of rotatable bonds is 4. The van der Waals surface area contributed by atoms with Gasteiger partial charge in [-0.1, -0.05) is 20.8 Å². The van der Waals surface area contributed by atoms with Gasteiger partial charge < -0.3 is 15.0 Å². The van der Waals surface area contributed by atoms with E-state index in [0.29, 0.717) is 25.9 Å². The minimum atomic E-state index is -0.381. The largest absolute Gasteiger partial charge is 0.353 e. The molecule has 1 rings (SSSR count). The SMILES string of the molecule is CC(=O)CCC(=O)N1CCC(NC(=O)C(C)(C)C)CC1. The van der Waals surface area contributed by atoms with E-state index >= 15 is 0 Å². The molecule has 0 aromatic rings. The predicted molar refractivity (Wildman–Crippen MR) is 77.1 cm³/mol. The summed E-state index contributed by atoms with van der Waals surface area (Å²) in [6, 6.07) is 0.151. The summed E-state index contributed by atoms with van der Waals surface area (Å²) in [5.41, 5.74) is -0.381. The quantitative estimate of drug-likeness (QED) is 0.850. The van der Waals surface area contributed by atoms with Crippen LogP contribution >= 0.6 is 0 Å². The van der Waals surface area contributed by atoms with E-state index in [0.717, 1.165) is 12.8 Å². The van der Waals surface area contributed by atoms with Crippen LogP contribution in [0, 0.1) is 5.41 Å². The third-order valence-corrected chi connectivity index (χ3v) is 3.55. The summed E-state index contributed by atoms with van der Waals surface area (Å²) in [7, 11) is 0. The number of amides is 2. The Balaban J connectivity index is 2.35. The van der Waals surface area contributed by atoms with Gasteiger partial charge in [0.1, 0.15) is 5.78 Å². The highest BCUT2D eigenvalue weighted by Crippen LogP contribution is 2.17. The molecule has 0 aromatic carbocycles. The zero-order chi connectivity index (χ0) is 15.3. The molecule has 0 radical (unpaired) electrons. The highest BCUT2D eigenvalue weighted by molar-refractivity contribution is 5.84. The number of hydrogen-bond acceptors (Lipinski definition) is 3. The van der Waals surface area contributed by atoms with E-state index in [1.54, 1.807) is 4.90 Å². The Kier molecular flexibility index (Phi) is 5.72. The fourth-order valence-electron chi connectivity index (χ4n) is 2.12. The average molecular weight is 282 g/mol. The van der Waals surface area contributed by atoms with Crippen LogP contribution in [-0.2, 0) is 14.4 Å². The summed E-state index contributed by atoms with van der Waals surface area (Å²) in [4.78, 5) is 36.4. The van der Waals surface area contributed by atoms with Crippen LogP contribution in [0.15, 0.2) is 0 Å². The van der Waals surface area contributed by atoms with Crippen molar-refractivity contribution in [3.05, 3.63) is 0 Å². The van der Waals surface area contributed by atoms with Crippen molar-refractivity contribution in [2.45, 2.75) is 59.4 Å². The van der Waals surface area contributed by atoms with E-state index in [9.17, 15) is 14.4 Å². The summed E-state index contributed by atoms with van der Waals surface area (Å²) in [5.74, 6) is 0.144. The second kappa shape index (κ2) is 6.86. The van der Waals surface area contributed by atoms with E-state index in [2.05, 4.69) is 5.32 Å². The third-order valence-electron chi connectivity index (χ3n) is 3.55. The number of nitrogens with one attached hydrogen (secondary N) is 1. The molecule has 0 atom stereocenters. The van der Waals surface area contributed by atoms with Gasteiger partial charge in [0.15, 0.2) is 0 Å². The molecule has 1 heterocycles. The van der Waals surface area contributed by atoms with Crippen LogP contribution < -0.4 is 5.32 Å². The van der Waals surface area contributed by atoms with Crippen LogP contribution in [0.3, 0.4) is 0 Å². The zero-order valence-electron chi connectivity index (χ0n) is 13.0. The maximum Gasteiger partial charge on any atom is 0.225 e. The maximum atomic E-state index is 11.9. The summed E-state index contributed by atoms with van der Waals surface area (Å²) in [6.07, 6.45) is 2.19. The van der Waals surface area contributed by atoms with Crippen molar-refractivity contribution in [2.75, 3.05) is 13.1 Å². The van der Waals surface area contributed by atoms with Crippen molar-refractivity contribution >= 4 is 17.6 Å². The monoisotopic (exact) mass is 282 g/mol. The van der Waals surface area contributed by atoms with Crippen LogP contribution in [0.5, 0.6) is 0 Å². The van der Waals surface area contributed by atoms with Crippen molar-refractivity contribution in [2.24, 2.45) is 5.41 Å². The summed E-state index contributed by atoms with van der Waals surface area (Å²) in [5, 5.41) is 3.04. The first-order valence-corrected chi connectivity index (χ1v) is 7.28. The molecule has 20 heavy (non-hydrogen) atoms. The van der Waals surface area contributed by atoms with Gasteiger partial charge >= 0.3 is 0 Å². The van der Waals surface area contributed by atoms with Crippen LogP contribution in [-0.4, -0.2) is 41.6 Å². The Morgan fingerprint density at radius 1 is 1.10 bits per heavy atom. The molecule has 5 heteroatoms. The highest BCUT2D eigenvalue weighted by Gasteiger charge is 2.27. The topological polar surface area (TPSA) is 66.5 Å². The van der Waals surface area contributed by atoms with Crippen LogP contribution in [0.25, 0.3) is 0 Å². The molecule has 114 valence electrons. The van der Waals surface area contributed by atoms with Gasteiger partial charge in [-0.15, -0.1) is 0 Å². The lowest BCUT2D eigenvalue weighted by atomic mass is 9.94. The van der Waals surface area contributed by atoms with Gasteiger partial charge in [0, 0.05) is 37.4 Å². The molecular formula is C15H26N2O3. The molecule has 1 aliphatic heterocycles. The van der Waals surface area contributed by atoms with Gasteiger partial charge in [0.25, 0.3) is 0 Å². The van der Waals surface area contributed by atoms with Crippen LogP contribution in [0.2, 0.25) is 0 Å². The molecule has 1 aliphatic rings. The van der Waals surface area contributed by atoms with Gasteiger partial charge in [-0.25, -0.2) is 0 Å². The van der Waals surface area contributed by atoms with Gasteiger partial charge in [0.2, 0.25) is 11.8 Å². The Bertz CT molecular complexity index is 377. The molecule has 0 unspecified atom stereocenters. The first-order valence-electron chi connectivity index (χ1n) is 7.28. The molecular weight excluding hydrogens is 256 g/mol. The van der Waals surface area contributed by atoms with Crippen molar-refractivity contribution < 1.29 is 14.4 Å². The highest BCUT2D eigenvalue weighted by atomic mass is 16.2. The average Bonchev–Trinajstić information content (AvgIpc) is 2.35. The molecule has 2 amide bonds. The minimum Gasteiger partial charge on any atom is -0.353 e. The van der Waals surface area contributed by atoms with Crippen molar-refractivity contribution in [1.29, 1.82) is 0 Å². The summed E-state index contributed by atoms with van der Waals surface area (Å²) in [6.45, 7) is 8.49. The van der Waals surface area contributed by atoms with Crippen LogP contribution in [0.1, 0.15) is 53.4 Å². The fraction of sp³-hybridized carbons (Fsp3) is 0.800. The third kappa shape index (κ3) is 5.31. The molecule has 0 bridgehead atoms. The fourth-order valence-corrected chi connectivity index (χ4v) is 2.12. The Labute approximate surface area is 121 Å². The number of piperidine rings is 1. The molecule has 1 saturated heterocycles. The standard InChI is InChI=1S/C15H26N2O3/c1-11(18)5-6-13(19)17-9-7-12(8-10-17)16-14(20)15(2,3)4/h12H,5-10H2,1-4H3,(H,16,20). The number of Topliss-reactive ketones (excluding diaryl/α,β-unsaturated/α-hetero) is 1. The van der Waals surface area contributed by atoms with Crippen molar-refractivity contribution in [3.63, 3.8) is 0 Å². The number of carbonyl (C=O) groups excluding carboxylic acids is 3. The van der Waals surface area contributed by atoms with E-state index in [1.807, 2.05) is 20.8 Å². The molecule has 0 aromatic heterocycles. The van der Waals surface area contributed by atoms with Gasteiger partial charge in [0.05, 0.1) is 0 Å². The number of nitrogens with zero attached hydrogens (tertiary/aromatic N) is 1. The molecule has 0 saturated carbocycles. The lowest BCUT2D eigenvalue weighted by Crippen LogP contribution is -2.49. The lowest BCUT2D eigenvalue weighted by molar-refractivity contribution is -0.134. The summed E-state index contributed by atoms with van der Waals surface area (Å²) >= 11 is 0. The number of carbonyl (C=O) groups is 3. The molecule has 0 aliphatic carbocycles. The van der Waals surface area contributed by atoms with Crippen molar-refractivity contribution in [3.8, 4) is 0 Å². The Morgan fingerprint density at radius 3 is 2.10 bits per heavy atom. The molecule has 1 fully saturated rings. The predicted octanol–water partition coefficient (Wildman–Crippen LogP) is 1.51. The van der Waals surface area contributed by atoms with Gasteiger partial charge in [-0.2, -0.15) is 0 Å². The molecule has 5 nitrogen and oxygen atoms in total. The first-order chi connectivity index (χ1) is 9.20. The van der Waals surface area contributed by atoms with Gasteiger partial charge in [-0.3, -0.25) is 9.59 Å². The van der Waals surface area contributed by atoms with Crippen LogP contribution in [0.4, 0.5) is 0 Å². The number of likely N-dealkylation sites (tertiary alicyclic amines) is 1. The second-order valence-corrected chi connectivity index (χ2v) is 6.58. The zero-order valence-corrected chi connectivity index (χ0v) is 13.0. The molecule has 0 spiro atoms. The lowest BCUT2D eigenvalue weighted by Gasteiger charge is -2.33. The second-order valence-electron chi connectivity index (χ2n) is 6.58.